The van der Waals surface area contributed by atoms with Crippen LogP contribution in [0.1, 0.15) is 18.1 Å². The van der Waals surface area contributed by atoms with Crippen molar-refractivity contribution in [1.82, 2.24) is 5.32 Å². The lowest BCUT2D eigenvalue weighted by Gasteiger charge is -2.14. The number of amides is 1. The summed E-state index contributed by atoms with van der Waals surface area (Å²) in [6.07, 6.45) is 0.711. The molecule has 0 aromatic heterocycles. The van der Waals surface area contributed by atoms with Gasteiger partial charge in [0.15, 0.2) is 0 Å². The van der Waals surface area contributed by atoms with Gasteiger partial charge in [-0.3, -0.25) is 4.79 Å². The smallest absolute Gasteiger partial charge is 0.224 e. The van der Waals surface area contributed by atoms with Crippen LogP contribution >= 0.6 is 0 Å². The minimum atomic E-state index is -0.123. The molecule has 0 bridgehead atoms. The molecule has 1 aromatic rings. The van der Waals surface area contributed by atoms with Crippen molar-refractivity contribution >= 4 is 5.91 Å². The topological polar surface area (TPSA) is 55.1 Å². The average Bonchev–Trinajstić information content (AvgIpc) is 2.28. The van der Waals surface area contributed by atoms with Crippen LogP contribution in [0.15, 0.2) is 24.3 Å². The molecule has 1 unspecified atom stereocenters. The fraction of sp³-hybridized carbons (Fsp3) is 0.462. The number of carbonyl (C=O) groups excluding carboxylic acids is 1. The Morgan fingerprint density at radius 3 is 2.50 bits per heavy atom. The Kier molecular flexibility index (Phi) is 4.99. The first-order valence-electron chi connectivity index (χ1n) is 5.70. The maximum atomic E-state index is 11.7. The van der Waals surface area contributed by atoms with Gasteiger partial charge in [-0.2, -0.15) is 0 Å². The Hall–Kier alpha value is -1.35. The molecule has 16 heavy (non-hydrogen) atoms. The second kappa shape index (κ2) is 6.28. The molecule has 0 spiro atoms. The van der Waals surface area contributed by atoms with Gasteiger partial charge in [0.2, 0.25) is 5.91 Å². The predicted molar refractivity (Wildman–Crippen MR) is 66.1 cm³/mol. The fourth-order valence-corrected chi connectivity index (χ4v) is 1.61. The maximum Gasteiger partial charge on any atom is 0.224 e. The van der Waals surface area contributed by atoms with Gasteiger partial charge in [-0.15, -0.1) is 0 Å². The summed E-state index contributed by atoms with van der Waals surface area (Å²) in [7, 11) is 0. The van der Waals surface area contributed by atoms with Gasteiger partial charge in [-0.05, 0) is 25.8 Å². The van der Waals surface area contributed by atoms with Crippen LogP contribution in [0.4, 0.5) is 0 Å². The molecule has 3 N–H and O–H groups in total. The highest BCUT2D eigenvalue weighted by Gasteiger charge is 2.16. The molecule has 3 nitrogen and oxygen atoms in total. The number of aryl methyl sites for hydroxylation is 1. The third kappa shape index (κ3) is 3.66. The number of rotatable bonds is 5. The third-order valence-corrected chi connectivity index (χ3v) is 2.61. The highest BCUT2D eigenvalue weighted by Crippen LogP contribution is 2.09. The van der Waals surface area contributed by atoms with Gasteiger partial charge < -0.3 is 11.1 Å². The molecule has 1 amide bonds. The fourth-order valence-electron chi connectivity index (χ4n) is 1.61. The lowest BCUT2D eigenvalue weighted by atomic mass is 9.98. The molecule has 0 saturated carbocycles. The van der Waals surface area contributed by atoms with Crippen LogP contribution in [-0.4, -0.2) is 19.0 Å². The molecule has 0 saturated heterocycles. The molecule has 1 atom stereocenters. The van der Waals surface area contributed by atoms with E-state index in [0.717, 1.165) is 5.56 Å². The van der Waals surface area contributed by atoms with Crippen LogP contribution in [0, 0.1) is 12.8 Å². The summed E-state index contributed by atoms with van der Waals surface area (Å²) >= 11 is 0. The molecule has 0 heterocycles. The number of benzene rings is 1. The lowest BCUT2D eigenvalue weighted by Crippen LogP contribution is -2.36. The Morgan fingerprint density at radius 2 is 2.00 bits per heavy atom. The third-order valence-electron chi connectivity index (χ3n) is 2.61. The Balaban J connectivity index is 2.62. The van der Waals surface area contributed by atoms with Crippen LogP contribution in [0.2, 0.25) is 0 Å². The van der Waals surface area contributed by atoms with Crippen molar-refractivity contribution in [2.24, 2.45) is 11.7 Å². The zero-order valence-electron chi connectivity index (χ0n) is 9.99. The standard InChI is InChI=1S/C13H20N2O/c1-3-15-13(16)12(9-14)8-11-6-4-10(2)5-7-11/h4-7,12H,3,8-9,14H2,1-2H3,(H,15,16). The van der Waals surface area contributed by atoms with Crippen LogP contribution < -0.4 is 11.1 Å². The Bertz CT molecular complexity index is 332. The maximum absolute atomic E-state index is 11.7. The highest BCUT2D eigenvalue weighted by atomic mass is 16.1. The van der Waals surface area contributed by atoms with E-state index in [0.29, 0.717) is 19.5 Å². The molecule has 1 rings (SSSR count). The molecule has 0 aliphatic rings. The van der Waals surface area contributed by atoms with Crippen LogP contribution in [-0.2, 0) is 11.2 Å². The quantitative estimate of drug-likeness (QED) is 0.784. The van der Waals surface area contributed by atoms with Gasteiger partial charge in [0.1, 0.15) is 0 Å². The highest BCUT2D eigenvalue weighted by molar-refractivity contribution is 5.79. The van der Waals surface area contributed by atoms with Crippen molar-refractivity contribution in [3.63, 3.8) is 0 Å². The summed E-state index contributed by atoms with van der Waals surface area (Å²) in [6.45, 7) is 5.01. The van der Waals surface area contributed by atoms with Gasteiger partial charge >= 0.3 is 0 Å². The molecule has 1 aromatic carbocycles. The molecule has 3 heteroatoms. The summed E-state index contributed by atoms with van der Waals surface area (Å²) in [6, 6.07) is 8.22. The van der Waals surface area contributed by atoms with Crippen LogP contribution in [0.25, 0.3) is 0 Å². The first-order chi connectivity index (χ1) is 7.67. The molecule has 0 aliphatic carbocycles. The van der Waals surface area contributed by atoms with E-state index in [1.165, 1.54) is 5.56 Å². The van der Waals surface area contributed by atoms with Gasteiger partial charge in [0.05, 0.1) is 5.92 Å². The van der Waals surface area contributed by atoms with E-state index in [1.807, 2.05) is 13.8 Å². The Labute approximate surface area is 97.0 Å². The number of nitrogens with two attached hydrogens (primary N) is 1. The summed E-state index contributed by atoms with van der Waals surface area (Å²) in [5, 5.41) is 2.81. The van der Waals surface area contributed by atoms with E-state index in [9.17, 15) is 4.79 Å². The monoisotopic (exact) mass is 220 g/mol. The van der Waals surface area contributed by atoms with E-state index in [-0.39, 0.29) is 11.8 Å². The van der Waals surface area contributed by atoms with E-state index in [2.05, 4.69) is 29.6 Å². The van der Waals surface area contributed by atoms with Crippen molar-refractivity contribution in [3.05, 3.63) is 35.4 Å². The Morgan fingerprint density at radius 1 is 1.38 bits per heavy atom. The van der Waals surface area contributed by atoms with Gasteiger partial charge in [-0.1, -0.05) is 29.8 Å². The second-order valence-corrected chi connectivity index (χ2v) is 4.02. The first kappa shape index (κ1) is 12.7. The van der Waals surface area contributed by atoms with Crippen LogP contribution in [0.3, 0.4) is 0 Å². The first-order valence-corrected chi connectivity index (χ1v) is 5.70. The number of carbonyl (C=O) groups is 1. The van der Waals surface area contributed by atoms with E-state index in [4.69, 9.17) is 5.73 Å². The summed E-state index contributed by atoms with van der Waals surface area (Å²) < 4.78 is 0. The molecule has 88 valence electrons. The SMILES string of the molecule is CCNC(=O)C(CN)Cc1ccc(C)cc1. The predicted octanol–water partition coefficient (Wildman–Crippen LogP) is 1.25. The van der Waals surface area contributed by atoms with Crippen molar-refractivity contribution in [2.75, 3.05) is 13.1 Å². The minimum Gasteiger partial charge on any atom is -0.356 e. The number of nitrogens with one attached hydrogen (secondary N) is 1. The number of hydrogen-bond acceptors (Lipinski definition) is 2. The largest absolute Gasteiger partial charge is 0.356 e. The lowest BCUT2D eigenvalue weighted by molar-refractivity contribution is -0.124. The number of hydrogen-bond donors (Lipinski definition) is 2. The summed E-state index contributed by atoms with van der Waals surface area (Å²) in [5.41, 5.74) is 8.01. The van der Waals surface area contributed by atoms with Gasteiger partial charge in [-0.25, -0.2) is 0 Å². The van der Waals surface area contributed by atoms with Crippen molar-refractivity contribution < 1.29 is 4.79 Å². The molecular formula is C13H20N2O. The van der Waals surface area contributed by atoms with E-state index >= 15 is 0 Å². The molecule has 0 aliphatic heterocycles. The van der Waals surface area contributed by atoms with E-state index in [1.54, 1.807) is 0 Å². The normalized spacial score (nSPS) is 12.2. The van der Waals surface area contributed by atoms with Gasteiger partial charge in [0, 0.05) is 13.1 Å². The van der Waals surface area contributed by atoms with Crippen LogP contribution in [0.5, 0.6) is 0 Å². The van der Waals surface area contributed by atoms with E-state index < -0.39 is 0 Å². The molecule has 0 fully saturated rings. The van der Waals surface area contributed by atoms with Crippen molar-refractivity contribution in [3.8, 4) is 0 Å². The zero-order chi connectivity index (χ0) is 12.0. The summed E-state index contributed by atoms with van der Waals surface area (Å²) in [4.78, 5) is 11.7. The van der Waals surface area contributed by atoms with Crippen molar-refractivity contribution in [2.45, 2.75) is 20.3 Å². The molecular weight excluding hydrogens is 200 g/mol. The second-order valence-electron chi connectivity index (χ2n) is 4.02. The molecule has 0 radical (unpaired) electrons. The summed E-state index contributed by atoms with van der Waals surface area (Å²) in [5.74, 6) is -0.0757. The zero-order valence-corrected chi connectivity index (χ0v) is 9.99. The van der Waals surface area contributed by atoms with Crippen molar-refractivity contribution in [1.29, 1.82) is 0 Å². The average molecular weight is 220 g/mol. The minimum absolute atomic E-state index is 0.0468. The van der Waals surface area contributed by atoms with Gasteiger partial charge in [0.25, 0.3) is 0 Å².